The predicted molar refractivity (Wildman–Crippen MR) is 89.1 cm³/mol. The Morgan fingerprint density at radius 2 is 2.05 bits per heavy atom. The number of nitrogens with zero attached hydrogens (tertiary/aromatic N) is 1. The van der Waals surface area contributed by atoms with Gasteiger partial charge >= 0.3 is 0 Å². The first kappa shape index (κ1) is 14.9. The van der Waals surface area contributed by atoms with Crippen molar-refractivity contribution in [3.05, 3.63) is 35.9 Å². The lowest BCUT2D eigenvalue weighted by Gasteiger charge is -2.30. The number of thioether (sulfide) groups is 1. The quantitative estimate of drug-likeness (QED) is 0.769. The van der Waals surface area contributed by atoms with Crippen LogP contribution in [0.4, 0.5) is 0 Å². The summed E-state index contributed by atoms with van der Waals surface area (Å²) in [6, 6.07) is 13.9. The van der Waals surface area contributed by atoms with Crippen molar-refractivity contribution in [1.29, 1.82) is 5.26 Å². The van der Waals surface area contributed by atoms with Crippen LogP contribution in [0.5, 0.6) is 0 Å². The molecule has 21 heavy (non-hydrogen) atoms. The second kappa shape index (κ2) is 6.85. The number of nitriles is 1. The zero-order chi connectivity index (χ0) is 14.5. The molecule has 0 aromatic heterocycles. The average molecular weight is 300 g/mol. The van der Waals surface area contributed by atoms with Gasteiger partial charge in [0.2, 0.25) is 0 Å². The minimum Gasteiger partial charge on any atom is -0.296 e. The van der Waals surface area contributed by atoms with E-state index in [4.69, 9.17) is 0 Å². The van der Waals surface area contributed by atoms with E-state index in [-0.39, 0.29) is 5.54 Å². The summed E-state index contributed by atoms with van der Waals surface area (Å²) >= 11 is 2.00. The lowest BCUT2D eigenvalue weighted by molar-refractivity contribution is 0.308. The minimum atomic E-state index is -0.214. The summed E-state index contributed by atoms with van der Waals surface area (Å²) in [6.07, 6.45) is 7.18. The average Bonchev–Trinajstić information content (AvgIpc) is 3.24. The lowest BCUT2D eigenvalue weighted by atomic mass is 9.86. The molecule has 3 rings (SSSR count). The summed E-state index contributed by atoms with van der Waals surface area (Å²) in [5.41, 5.74) is 1.19. The van der Waals surface area contributed by atoms with Gasteiger partial charge in [0.1, 0.15) is 5.54 Å². The summed E-state index contributed by atoms with van der Waals surface area (Å²) < 4.78 is 0. The molecule has 0 heterocycles. The Hall–Kier alpha value is -0.980. The molecule has 2 unspecified atom stereocenters. The van der Waals surface area contributed by atoms with Crippen molar-refractivity contribution < 1.29 is 0 Å². The van der Waals surface area contributed by atoms with Gasteiger partial charge in [-0.1, -0.05) is 36.8 Å². The van der Waals surface area contributed by atoms with E-state index in [2.05, 4.69) is 41.7 Å². The Balaban J connectivity index is 1.46. The number of hydrogen-bond acceptors (Lipinski definition) is 3. The molecule has 3 heteroatoms. The second-order valence-corrected chi connectivity index (χ2v) is 7.52. The van der Waals surface area contributed by atoms with Gasteiger partial charge in [0.15, 0.2) is 0 Å². The van der Waals surface area contributed by atoms with Crippen molar-refractivity contribution >= 4 is 11.8 Å². The van der Waals surface area contributed by atoms with Gasteiger partial charge in [-0.15, -0.1) is 0 Å². The highest BCUT2D eigenvalue weighted by molar-refractivity contribution is 7.98. The molecule has 0 saturated heterocycles. The van der Waals surface area contributed by atoms with Gasteiger partial charge < -0.3 is 0 Å². The fourth-order valence-electron chi connectivity index (χ4n) is 3.42. The molecule has 2 atom stereocenters. The standard InChI is InChI=1S/C18H24N2S/c19-14-18(20-17-8-9-17)11-4-7-16(18)10-12-21-13-15-5-2-1-3-6-15/h1-3,5-6,16-17,20H,4,7-13H2. The first-order valence-electron chi connectivity index (χ1n) is 8.13. The molecule has 0 amide bonds. The van der Waals surface area contributed by atoms with Crippen LogP contribution >= 0.6 is 11.8 Å². The number of nitrogens with one attached hydrogen (secondary N) is 1. The van der Waals surface area contributed by atoms with Crippen LogP contribution in [0.1, 0.15) is 44.1 Å². The van der Waals surface area contributed by atoms with E-state index in [1.165, 1.54) is 37.7 Å². The largest absolute Gasteiger partial charge is 0.296 e. The Kier molecular flexibility index (Phi) is 4.87. The van der Waals surface area contributed by atoms with Gasteiger partial charge in [0.25, 0.3) is 0 Å². The third-order valence-electron chi connectivity index (χ3n) is 4.78. The van der Waals surface area contributed by atoms with E-state index in [9.17, 15) is 5.26 Å². The molecule has 0 aliphatic heterocycles. The van der Waals surface area contributed by atoms with Gasteiger partial charge in [-0.2, -0.15) is 17.0 Å². The first-order chi connectivity index (χ1) is 10.3. The molecule has 0 spiro atoms. The SMILES string of the molecule is N#CC1(NC2CC2)CCCC1CCSCc1ccccc1. The van der Waals surface area contributed by atoms with E-state index >= 15 is 0 Å². The van der Waals surface area contributed by atoms with Crippen LogP contribution < -0.4 is 5.32 Å². The fraction of sp³-hybridized carbons (Fsp3) is 0.611. The maximum atomic E-state index is 9.68. The second-order valence-electron chi connectivity index (χ2n) is 6.42. The van der Waals surface area contributed by atoms with Gasteiger partial charge in [-0.25, -0.2) is 0 Å². The summed E-state index contributed by atoms with van der Waals surface area (Å²) in [5.74, 6) is 2.80. The van der Waals surface area contributed by atoms with Crippen LogP contribution in [0.3, 0.4) is 0 Å². The third kappa shape index (κ3) is 3.81. The molecule has 1 N–H and O–H groups in total. The highest BCUT2D eigenvalue weighted by Gasteiger charge is 2.45. The maximum absolute atomic E-state index is 9.68. The normalized spacial score (nSPS) is 28.4. The molecule has 112 valence electrons. The Morgan fingerprint density at radius 3 is 2.76 bits per heavy atom. The lowest BCUT2D eigenvalue weighted by Crippen LogP contribution is -2.48. The molecule has 1 aromatic rings. The van der Waals surface area contributed by atoms with E-state index in [1.807, 2.05) is 11.8 Å². The van der Waals surface area contributed by atoms with Crippen molar-refractivity contribution in [3.8, 4) is 6.07 Å². The summed E-state index contributed by atoms with van der Waals surface area (Å²) in [7, 11) is 0. The monoisotopic (exact) mass is 300 g/mol. The summed E-state index contributed by atoms with van der Waals surface area (Å²) in [5, 5.41) is 13.3. The Bertz CT molecular complexity index is 492. The fourth-order valence-corrected chi connectivity index (χ4v) is 4.44. The van der Waals surface area contributed by atoms with Gasteiger partial charge in [-0.05, 0) is 49.3 Å². The Morgan fingerprint density at radius 1 is 1.24 bits per heavy atom. The van der Waals surface area contributed by atoms with Gasteiger partial charge in [0, 0.05) is 11.8 Å². The van der Waals surface area contributed by atoms with Crippen LogP contribution in [0, 0.1) is 17.2 Å². The smallest absolute Gasteiger partial charge is 0.109 e. The number of benzene rings is 1. The molecule has 2 fully saturated rings. The van der Waals surface area contributed by atoms with Crippen LogP contribution in [0.2, 0.25) is 0 Å². The summed E-state index contributed by atoms with van der Waals surface area (Å²) in [6.45, 7) is 0. The van der Waals surface area contributed by atoms with Crippen molar-refractivity contribution in [2.75, 3.05) is 5.75 Å². The molecule has 2 aliphatic carbocycles. The zero-order valence-electron chi connectivity index (χ0n) is 12.6. The number of hydrogen-bond donors (Lipinski definition) is 1. The van der Waals surface area contributed by atoms with Crippen LogP contribution in [-0.4, -0.2) is 17.3 Å². The van der Waals surface area contributed by atoms with Crippen molar-refractivity contribution in [2.24, 2.45) is 5.92 Å². The third-order valence-corrected chi connectivity index (χ3v) is 5.84. The Labute approximate surface area is 132 Å². The highest BCUT2D eigenvalue weighted by Crippen LogP contribution is 2.40. The van der Waals surface area contributed by atoms with Crippen LogP contribution in [-0.2, 0) is 5.75 Å². The molecule has 2 aliphatic rings. The predicted octanol–water partition coefficient (Wildman–Crippen LogP) is 4.12. The molecule has 2 saturated carbocycles. The van der Waals surface area contributed by atoms with Crippen molar-refractivity contribution in [2.45, 2.75) is 55.9 Å². The molecule has 0 radical (unpaired) electrons. The highest BCUT2D eigenvalue weighted by atomic mass is 32.2. The molecule has 0 bridgehead atoms. The van der Waals surface area contributed by atoms with Gasteiger partial charge in [0.05, 0.1) is 6.07 Å². The molecular weight excluding hydrogens is 276 g/mol. The van der Waals surface area contributed by atoms with E-state index in [0.29, 0.717) is 12.0 Å². The molecular formula is C18H24N2S. The van der Waals surface area contributed by atoms with Gasteiger partial charge in [-0.3, -0.25) is 5.32 Å². The minimum absolute atomic E-state index is 0.214. The first-order valence-corrected chi connectivity index (χ1v) is 9.28. The zero-order valence-corrected chi connectivity index (χ0v) is 13.4. The van der Waals surface area contributed by atoms with Crippen molar-refractivity contribution in [1.82, 2.24) is 5.32 Å². The summed E-state index contributed by atoms with van der Waals surface area (Å²) in [4.78, 5) is 0. The molecule has 1 aromatic carbocycles. The number of rotatable bonds is 7. The van der Waals surface area contributed by atoms with E-state index < -0.39 is 0 Å². The maximum Gasteiger partial charge on any atom is 0.109 e. The molecule has 2 nitrogen and oxygen atoms in total. The van der Waals surface area contributed by atoms with Crippen LogP contribution in [0.25, 0.3) is 0 Å². The van der Waals surface area contributed by atoms with E-state index in [0.717, 1.165) is 17.9 Å². The van der Waals surface area contributed by atoms with Crippen molar-refractivity contribution in [3.63, 3.8) is 0 Å². The van der Waals surface area contributed by atoms with Crippen LogP contribution in [0.15, 0.2) is 30.3 Å². The van der Waals surface area contributed by atoms with E-state index in [1.54, 1.807) is 0 Å². The topological polar surface area (TPSA) is 35.8 Å².